The number of ether oxygens (including phenoxy) is 2. The number of hydrogen-bond acceptors (Lipinski definition) is 8. The summed E-state index contributed by atoms with van der Waals surface area (Å²) in [6, 6.07) is 8.33. The molecule has 0 aliphatic heterocycles. The lowest BCUT2D eigenvalue weighted by Crippen LogP contribution is -2.26. The molecule has 0 aliphatic carbocycles. The molecule has 2 rings (SSSR count). The van der Waals surface area contributed by atoms with E-state index in [-0.39, 0.29) is 29.6 Å². The fraction of sp³-hybridized carbons (Fsp3) is 0.333. The van der Waals surface area contributed by atoms with Gasteiger partial charge in [-0.1, -0.05) is 32.9 Å². The number of anilines is 1. The van der Waals surface area contributed by atoms with E-state index in [1.807, 2.05) is 0 Å². The summed E-state index contributed by atoms with van der Waals surface area (Å²) < 4.78 is 9.84. The average Bonchev–Trinajstić information content (AvgIpc) is 3.17. The summed E-state index contributed by atoms with van der Waals surface area (Å²) in [5, 5.41) is 4.35. The van der Waals surface area contributed by atoms with Crippen LogP contribution in [0.2, 0.25) is 0 Å². The third-order valence-corrected chi connectivity index (χ3v) is 5.91. The number of esters is 2. The number of thioether (sulfide) groups is 1. The van der Waals surface area contributed by atoms with Crippen LogP contribution in [0.3, 0.4) is 0 Å². The second-order valence-corrected chi connectivity index (χ2v) is 9.17. The molecule has 0 bridgehead atoms. The Morgan fingerprint density at radius 3 is 2.43 bits per heavy atom. The fourth-order valence-electron chi connectivity index (χ4n) is 2.17. The van der Waals surface area contributed by atoms with Crippen LogP contribution in [0.1, 0.15) is 40.8 Å². The van der Waals surface area contributed by atoms with Crippen LogP contribution in [-0.2, 0) is 19.1 Å². The van der Waals surface area contributed by atoms with Gasteiger partial charge in [0.1, 0.15) is 4.88 Å². The molecule has 0 aliphatic rings. The van der Waals surface area contributed by atoms with Gasteiger partial charge >= 0.3 is 11.9 Å². The minimum absolute atomic E-state index is 0.0155. The topological polar surface area (TPSA) is 98.8 Å². The van der Waals surface area contributed by atoms with Gasteiger partial charge in [0, 0.05) is 10.3 Å². The summed E-state index contributed by atoms with van der Waals surface area (Å²) in [6.45, 7) is 4.95. The Kier molecular flexibility index (Phi) is 8.19. The standard InChI is InChI=1S/C21H23NO6S2/c1-21(2,3)16(23)11-28-19(25)13-7-5-6-8-15(13)30-12-17(24)22-14-9-10-29-18(14)20(26)27-4/h5-10H,11-12H2,1-4H3,(H,22,24). The third-order valence-electron chi connectivity index (χ3n) is 3.95. The Bertz CT molecular complexity index is 945. The molecule has 0 atom stereocenters. The Balaban J connectivity index is 1.99. The molecule has 1 heterocycles. The molecule has 160 valence electrons. The van der Waals surface area contributed by atoms with E-state index in [4.69, 9.17) is 4.74 Å². The van der Waals surface area contributed by atoms with Crippen molar-refractivity contribution in [3.63, 3.8) is 0 Å². The highest BCUT2D eigenvalue weighted by Gasteiger charge is 2.23. The smallest absolute Gasteiger partial charge is 0.350 e. The zero-order valence-electron chi connectivity index (χ0n) is 17.1. The SMILES string of the molecule is COC(=O)c1sccc1NC(=O)CSc1ccccc1C(=O)OCC(=O)C(C)(C)C. The number of rotatable bonds is 8. The van der Waals surface area contributed by atoms with Gasteiger partial charge in [-0.15, -0.1) is 23.1 Å². The predicted molar refractivity (Wildman–Crippen MR) is 116 cm³/mol. The van der Waals surface area contributed by atoms with Gasteiger partial charge in [0.2, 0.25) is 5.91 Å². The summed E-state index contributed by atoms with van der Waals surface area (Å²) in [5.74, 6) is -1.65. The molecule has 9 heteroatoms. The number of nitrogens with one attached hydrogen (secondary N) is 1. The highest BCUT2D eigenvalue weighted by Crippen LogP contribution is 2.26. The summed E-state index contributed by atoms with van der Waals surface area (Å²) >= 11 is 2.32. The molecule has 1 amide bonds. The maximum absolute atomic E-state index is 12.4. The number of Topliss-reactive ketones (excluding diaryl/α,β-unsaturated/α-hetero) is 1. The number of thiophene rings is 1. The maximum Gasteiger partial charge on any atom is 0.350 e. The number of amides is 1. The van der Waals surface area contributed by atoms with Crippen molar-refractivity contribution in [2.24, 2.45) is 5.41 Å². The number of methoxy groups -OCH3 is 1. The monoisotopic (exact) mass is 449 g/mol. The molecule has 30 heavy (non-hydrogen) atoms. The van der Waals surface area contributed by atoms with Crippen LogP contribution in [0.4, 0.5) is 5.69 Å². The van der Waals surface area contributed by atoms with Gasteiger partial charge in [-0.25, -0.2) is 9.59 Å². The van der Waals surface area contributed by atoms with Gasteiger partial charge in [-0.2, -0.15) is 0 Å². The van der Waals surface area contributed by atoms with E-state index in [0.717, 1.165) is 11.8 Å². The number of carbonyl (C=O) groups is 4. The molecule has 0 saturated heterocycles. The van der Waals surface area contributed by atoms with Crippen molar-refractivity contribution in [2.75, 3.05) is 24.8 Å². The van der Waals surface area contributed by atoms with Gasteiger partial charge in [-0.05, 0) is 23.6 Å². The molecule has 0 fully saturated rings. The van der Waals surface area contributed by atoms with Crippen molar-refractivity contribution in [2.45, 2.75) is 25.7 Å². The van der Waals surface area contributed by atoms with Gasteiger partial charge in [0.15, 0.2) is 12.4 Å². The Labute approximate surface area is 183 Å². The van der Waals surface area contributed by atoms with E-state index < -0.39 is 17.4 Å². The molecular formula is C21H23NO6S2. The molecule has 0 unspecified atom stereocenters. The van der Waals surface area contributed by atoms with Gasteiger partial charge in [-0.3, -0.25) is 9.59 Å². The number of ketones is 1. The molecular weight excluding hydrogens is 426 g/mol. The minimum Gasteiger partial charge on any atom is -0.465 e. The number of hydrogen-bond donors (Lipinski definition) is 1. The second-order valence-electron chi connectivity index (χ2n) is 7.24. The number of benzene rings is 1. The van der Waals surface area contributed by atoms with Crippen molar-refractivity contribution in [1.82, 2.24) is 0 Å². The Morgan fingerprint density at radius 2 is 1.77 bits per heavy atom. The molecule has 2 aromatic rings. The lowest BCUT2D eigenvalue weighted by atomic mass is 9.91. The van der Waals surface area contributed by atoms with Crippen LogP contribution in [0.15, 0.2) is 40.6 Å². The fourth-order valence-corrected chi connectivity index (χ4v) is 3.78. The lowest BCUT2D eigenvalue weighted by molar-refractivity contribution is -0.129. The molecule has 0 saturated carbocycles. The summed E-state index contributed by atoms with van der Waals surface area (Å²) in [4.78, 5) is 49.3. The predicted octanol–water partition coefficient (Wildman–Crippen LogP) is 4.04. The minimum atomic E-state index is -0.623. The van der Waals surface area contributed by atoms with Gasteiger partial charge < -0.3 is 14.8 Å². The van der Waals surface area contributed by atoms with Crippen LogP contribution < -0.4 is 5.32 Å². The van der Waals surface area contributed by atoms with Crippen molar-refractivity contribution in [3.8, 4) is 0 Å². The molecule has 0 radical (unpaired) electrons. The second kappa shape index (κ2) is 10.4. The van der Waals surface area contributed by atoms with Crippen molar-refractivity contribution >= 4 is 52.4 Å². The zero-order valence-corrected chi connectivity index (χ0v) is 18.8. The van der Waals surface area contributed by atoms with Crippen molar-refractivity contribution < 1.29 is 28.7 Å². The van der Waals surface area contributed by atoms with Crippen LogP contribution in [-0.4, -0.2) is 43.1 Å². The van der Waals surface area contributed by atoms with Crippen molar-refractivity contribution in [1.29, 1.82) is 0 Å². The summed E-state index contributed by atoms with van der Waals surface area (Å²) in [5.41, 5.74) is 0.0609. The molecule has 1 N–H and O–H groups in total. The van der Waals surface area contributed by atoms with Gasteiger partial charge in [0.25, 0.3) is 0 Å². The Morgan fingerprint density at radius 1 is 1.07 bits per heavy atom. The van der Waals surface area contributed by atoms with Crippen LogP contribution in [0, 0.1) is 5.41 Å². The van der Waals surface area contributed by atoms with Crippen LogP contribution in [0.25, 0.3) is 0 Å². The van der Waals surface area contributed by atoms with Gasteiger partial charge in [0.05, 0.1) is 24.1 Å². The summed E-state index contributed by atoms with van der Waals surface area (Å²) in [6.07, 6.45) is 0. The first kappa shape index (κ1) is 23.6. The maximum atomic E-state index is 12.4. The van der Waals surface area contributed by atoms with Crippen molar-refractivity contribution in [3.05, 3.63) is 46.2 Å². The van der Waals surface area contributed by atoms with E-state index in [0.29, 0.717) is 15.5 Å². The zero-order chi connectivity index (χ0) is 22.3. The van der Waals surface area contributed by atoms with Crippen LogP contribution >= 0.6 is 23.1 Å². The van der Waals surface area contributed by atoms with E-state index in [1.54, 1.807) is 56.5 Å². The van der Waals surface area contributed by atoms with E-state index in [1.165, 1.54) is 18.4 Å². The Hall–Kier alpha value is -2.65. The summed E-state index contributed by atoms with van der Waals surface area (Å²) in [7, 11) is 1.27. The molecule has 0 spiro atoms. The van der Waals surface area contributed by atoms with E-state index in [2.05, 4.69) is 10.1 Å². The average molecular weight is 450 g/mol. The highest BCUT2D eigenvalue weighted by molar-refractivity contribution is 8.00. The van der Waals surface area contributed by atoms with E-state index in [9.17, 15) is 19.2 Å². The molecule has 1 aromatic heterocycles. The normalized spacial score (nSPS) is 10.9. The molecule has 7 nitrogen and oxygen atoms in total. The van der Waals surface area contributed by atoms with Crippen LogP contribution in [0.5, 0.6) is 0 Å². The number of carbonyl (C=O) groups excluding carboxylic acids is 4. The highest BCUT2D eigenvalue weighted by atomic mass is 32.2. The molecule has 1 aromatic carbocycles. The van der Waals surface area contributed by atoms with E-state index >= 15 is 0 Å². The first-order chi connectivity index (χ1) is 14.1. The first-order valence-electron chi connectivity index (χ1n) is 9.01. The third kappa shape index (κ3) is 6.43. The lowest BCUT2D eigenvalue weighted by Gasteiger charge is -2.16. The largest absolute Gasteiger partial charge is 0.465 e. The quantitative estimate of drug-likeness (QED) is 0.480. The first-order valence-corrected chi connectivity index (χ1v) is 10.9.